The number of hydrogen-bond donors (Lipinski definition) is 2. The summed E-state index contributed by atoms with van der Waals surface area (Å²) in [5.41, 5.74) is 7.35. The molecule has 1 aliphatic heterocycles. The van der Waals surface area contributed by atoms with E-state index in [1.807, 2.05) is 12.1 Å². The summed E-state index contributed by atoms with van der Waals surface area (Å²) in [6.07, 6.45) is 2.03. The Labute approximate surface area is 129 Å². The number of piperidine rings is 1. The Morgan fingerprint density at radius 3 is 2.82 bits per heavy atom. The van der Waals surface area contributed by atoms with E-state index < -0.39 is 0 Å². The van der Waals surface area contributed by atoms with Crippen molar-refractivity contribution in [1.29, 1.82) is 0 Å². The summed E-state index contributed by atoms with van der Waals surface area (Å²) in [4.78, 5) is 12.7. The van der Waals surface area contributed by atoms with Gasteiger partial charge in [-0.15, -0.1) is 0 Å². The van der Waals surface area contributed by atoms with Gasteiger partial charge in [0.15, 0.2) is 0 Å². The molecule has 1 saturated heterocycles. The van der Waals surface area contributed by atoms with Crippen LogP contribution in [0.1, 0.15) is 34.8 Å². The lowest BCUT2D eigenvalue weighted by atomic mass is 9.95. The van der Waals surface area contributed by atoms with Gasteiger partial charge in [0.05, 0.1) is 18.4 Å². The van der Waals surface area contributed by atoms with Gasteiger partial charge in [-0.1, -0.05) is 12.1 Å². The van der Waals surface area contributed by atoms with E-state index in [9.17, 15) is 4.79 Å². The number of rotatable bonds is 3. The normalized spacial score (nSPS) is 15.7. The highest BCUT2D eigenvalue weighted by molar-refractivity contribution is 5.99. The van der Waals surface area contributed by atoms with Gasteiger partial charge in [0, 0.05) is 12.0 Å². The van der Waals surface area contributed by atoms with Gasteiger partial charge >= 0.3 is 0 Å². The maximum Gasteiger partial charge on any atom is 0.283 e. The van der Waals surface area contributed by atoms with Crippen molar-refractivity contribution >= 4 is 11.7 Å². The fourth-order valence-corrected chi connectivity index (χ4v) is 2.83. The van der Waals surface area contributed by atoms with Crippen molar-refractivity contribution in [3.05, 3.63) is 41.6 Å². The van der Waals surface area contributed by atoms with Crippen LogP contribution >= 0.6 is 0 Å². The third kappa shape index (κ3) is 2.69. The van der Waals surface area contributed by atoms with Crippen LogP contribution < -0.4 is 15.8 Å². The number of hydrogen-bond acceptors (Lipinski definition) is 5. The van der Waals surface area contributed by atoms with Crippen LogP contribution in [0.25, 0.3) is 0 Å². The Balaban J connectivity index is 1.91. The van der Waals surface area contributed by atoms with E-state index >= 15 is 0 Å². The second-order valence-corrected chi connectivity index (χ2v) is 5.44. The maximum atomic E-state index is 12.7. The number of benzene rings is 1. The van der Waals surface area contributed by atoms with Crippen LogP contribution in [0.4, 0.5) is 5.82 Å². The van der Waals surface area contributed by atoms with Crippen molar-refractivity contribution in [3.8, 4) is 5.75 Å². The summed E-state index contributed by atoms with van der Waals surface area (Å²) in [6, 6.07) is 8.89. The van der Waals surface area contributed by atoms with Gasteiger partial charge in [0.2, 0.25) is 0 Å². The molecule has 0 unspecified atom stereocenters. The molecule has 1 aromatic heterocycles. The molecule has 0 spiro atoms. The second kappa shape index (κ2) is 6.19. The highest BCUT2D eigenvalue weighted by Crippen LogP contribution is 2.26. The SMILES string of the molecule is COc1ccccc1C(=O)n1nc(C2CCNCC2)cc1N. The topological polar surface area (TPSA) is 82.2 Å². The molecular formula is C16H20N4O2. The largest absolute Gasteiger partial charge is 0.496 e. The molecule has 0 saturated carbocycles. The van der Waals surface area contributed by atoms with Crippen molar-refractivity contribution < 1.29 is 9.53 Å². The molecule has 6 nitrogen and oxygen atoms in total. The summed E-state index contributed by atoms with van der Waals surface area (Å²) in [7, 11) is 1.54. The Morgan fingerprint density at radius 1 is 1.36 bits per heavy atom. The highest BCUT2D eigenvalue weighted by atomic mass is 16.5. The molecule has 0 amide bonds. The minimum Gasteiger partial charge on any atom is -0.496 e. The summed E-state index contributed by atoms with van der Waals surface area (Å²) in [5, 5.41) is 7.76. The standard InChI is InChI=1S/C16H20N4O2/c1-22-14-5-3-2-4-12(14)16(21)20-15(17)10-13(19-20)11-6-8-18-9-7-11/h2-5,10-11,18H,6-9,17H2,1H3. The predicted octanol–water partition coefficient (Wildman–Crippen LogP) is 1.63. The van der Waals surface area contributed by atoms with E-state index in [4.69, 9.17) is 10.5 Å². The first kappa shape index (κ1) is 14.6. The first-order valence-corrected chi connectivity index (χ1v) is 7.44. The summed E-state index contributed by atoms with van der Waals surface area (Å²) in [5.74, 6) is 0.973. The molecule has 1 fully saturated rings. The zero-order valence-corrected chi connectivity index (χ0v) is 12.6. The molecule has 116 valence electrons. The van der Waals surface area contributed by atoms with E-state index in [-0.39, 0.29) is 5.91 Å². The molecular weight excluding hydrogens is 280 g/mol. The summed E-state index contributed by atoms with van der Waals surface area (Å²) in [6.45, 7) is 1.94. The number of carbonyl (C=O) groups excluding carboxylic acids is 1. The second-order valence-electron chi connectivity index (χ2n) is 5.44. The lowest BCUT2D eigenvalue weighted by Crippen LogP contribution is -2.27. The molecule has 0 atom stereocenters. The van der Waals surface area contributed by atoms with Gasteiger partial charge in [-0.05, 0) is 38.1 Å². The third-order valence-electron chi connectivity index (χ3n) is 4.04. The summed E-state index contributed by atoms with van der Waals surface area (Å²) >= 11 is 0. The van der Waals surface area contributed by atoms with E-state index in [0.29, 0.717) is 23.0 Å². The van der Waals surface area contributed by atoms with Crippen LogP contribution in [0.3, 0.4) is 0 Å². The molecule has 1 aliphatic rings. The minimum atomic E-state index is -0.268. The molecule has 3 rings (SSSR count). The molecule has 2 heterocycles. The van der Waals surface area contributed by atoms with E-state index in [2.05, 4.69) is 10.4 Å². The lowest BCUT2D eigenvalue weighted by molar-refractivity contribution is 0.0944. The number of aromatic nitrogens is 2. The molecule has 2 aromatic rings. The minimum absolute atomic E-state index is 0.268. The van der Waals surface area contributed by atoms with Crippen LogP contribution in [-0.2, 0) is 0 Å². The van der Waals surface area contributed by atoms with Gasteiger partial charge in [0.1, 0.15) is 11.6 Å². The van der Waals surface area contributed by atoms with Crippen LogP contribution in [0.15, 0.2) is 30.3 Å². The molecule has 22 heavy (non-hydrogen) atoms. The number of anilines is 1. The van der Waals surface area contributed by atoms with Crippen molar-refractivity contribution in [2.45, 2.75) is 18.8 Å². The fraction of sp³-hybridized carbons (Fsp3) is 0.375. The van der Waals surface area contributed by atoms with Crippen molar-refractivity contribution in [2.24, 2.45) is 0 Å². The van der Waals surface area contributed by atoms with Gasteiger partial charge in [-0.2, -0.15) is 9.78 Å². The maximum absolute atomic E-state index is 12.7. The zero-order valence-electron chi connectivity index (χ0n) is 12.6. The Hall–Kier alpha value is -2.34. The number of methoxy groups -OCH3 is 1. The average molecular weight is 300 g/mol. The van der Waals surface area contributed by atoms with E-state index in [0.717, 1.165) is 31.6 Å². The van der Waals surface area contributed by atoms with Crippen molar-refractivity contribution in [3.63, 3.8) is 0 Å². The number of nitrogen functional groups attached to an aromatic ring is 1. The van der Waals surface area contributed by atoms with Crippen LogP contribution in [0.2, 0.25) is 0 Å². The Bertz CT molecular complexity index is 675. The van der Waals surface area contributed by atoms with Crippen LogP contribution in [0.5, 0.6) is 5.75 Å². The third-order valence-corrected chi connectivity index (χ3v) is 4.04. The average Bonchev–Trinajstić information content (AvgIpc) is 2.97. The lowest BCUT2D eigenvalue weighted by Gasteiger charge is -2.20. The predicted molar refractivity (Wildman–Crippen MR) is 84.2 cm³/mol. The number of nitrogens with two attached hydrogens (primary N) is 1. The van der Waals surface area contributed by atoms with Gasteiger partial charge in [-0.3, -0.25) is 4.79 Å². The van der Waals surface area contributed by atoms with Crippen LogP contribution in [-0.4, -0.2) is 35.9 Å². The Kier molecular flexibility index (Phi) is 4.11. The first-order chi connectivity index (χ1) is 10.7. The van der Waals surface area contributed by atoms with E-state index in [1.54, 1.807) is 25.3 Å². The van der Waals surface area contributed by atoms with Crippen molar-refractivity contribution in [2.75, 3.05) is 25.9 Å². The van der Waals surface area contributed by atoms with E-state index in [1.165, 1.54) is 4.68 Å². The molecule has 1 aromatic carbocycles. The quantitative estimate of drug-likeness (QED) is 0.900. The smallest absolute Gasteiger partial charge is 0.283 e. The fourth-order valence-electron chi connectivity index (χ4n) is 2.83. The first-order valence-electron chi connectivity index (χ1n) is 7.44. The zero-order chi connectivity index (χ0) is 15.5. The summed E-state index contributed by atoms with van der Waals surface area (Å²) < 4.78 is 6.51. The monoisotopic (exact) mass is 300 g/mol. The van der Waals surface area contributed by atoms with Crippen molar-refractivity contribution in [1.82, 2.24) is 15.1 Å². The number of carbonyl (C=O) groups is 1. The highest BCUT2D eigenvalue weighted by Gasteiger charge is 2.22. The Morgan fingerprint density at radius 2 is 2.09 bits per heavy atom. The number of para-hydroxylation sites is 1. The van der Waals surface area contributed by atoms with Gasteiger partial charge < -0.3 is 15.8 Å². The molecule has 0 radical (unpaired) electrons. The molecule has 0 bridgehead atoms. The molecule has 6 heteroatoms. The number of nitrogens with one attached hydrogen (secondary N) is 1. The van der Waals surface area contributed by atoms with Gasteiger partial charge in [-0.25, -0.2) is 0 Å². The number of ether oxygens (including phenoxy) is 1. The van der Waals surface area contributed by atoms with Gasteiger partial charge in [0.25, 0.3) is 5.91 Å². The number of nitrogens with zero attached hydrogens (tertiary/aromatic N) is 2. The molecule has 0 aliphatic carbocycles. The van der Waals surface area contributed by atoms with Crippen LogP contribution in [0, 0.1) is 0 Å². The molecule has 3 N–H and O–H groups in total.